The molecule has 0 radical (unpaired) electrons. The fourth-order valence-corrected chi connectivity index (χ4v) is 1.18. The zero-order valence-corrected chi connectivity index (χ0v) is 9.62. The molecular formula is C5H14HfO2. The predicted octanol–water partition coefficient (Wildman–Crippen LogP) is 2.12. The first-order chi connectivity index (χ1) is 3.39. The first-order valence-electron chi connectivity index (χ1n) is 2.88. The summed E-state index contributed by atoms with van der Waals surface area (Å²) in [4.78, 5) is 0. The molecule has 0 unspecified atom stereocenters. The van der Waals surface area contributed by atoms with Crippen molar-refractivity contribution in [3.8, 4) is 0 Å². The molecule has 3 heteroatoms. The summed E-state index contributed by atoms with van der Waals surface area (Å²) in [6, 6.07) is 0. The van der Waals surface area contributed by atoms with E-state index in [1.807, 2.05) is 6.92 Å². The summed E-state index contributed by atoms with van der Waals surface area (Å²) in [6.45, 7) is 1.91. The van der Waals surface area contributed by atoms with Crippen molar-refractivity contribution in [1.82, 2.24) is 0 Å². The molecule has 0 aliphatic rings. The van der Waals surface area contributed by atoms with Gasteiger partial charge in [0.15, 0.2) is 0 Å². The third-order valence-electron chi connectivity index (χ3n) is 1.63. The van der Waals surface area contributed by atoms with Crippen LogP contribution in [0.4, 0.5) is 0 Å². The van der Waals surface area contributed by atoms with Gasteiger partial charge in [-0.2, -0.15) is 0 Å². The standard InChI is InChI=1S/C2H5.CH3O.2CH3.Hf.O/c2*1-2;;;;/h1H2,2H3;1H3;2*1H3;;/q;-1;;;+1;. The maximum absolute atomic E-state index is 11.4. The van der Waals surface area contributed by atoms with Crippen molar-refractivity contribution in [2.45, 2.75) is 20.5 Å². The van der Waals surface area contributed by atoms with E-state index in [4.69, 9.17) is 2.85 Å². The molecule has 0 N–H and O–H groups in total. The van der Waals surface area contributed by atoms with Gasteiger partial charge in [0, 0.05) is 0 Å². The second kappa shape index (κ2) is 2.10. The van der Waals surface area contributed by atoms with Gasteiger partial charge in [0.1, 0.15) is 0 Å². The van der Waals surface area contributed by atoms with E-state index in [9.17, 15) is 2.85 Å². The van der Waals surface area contributed by atoms with Crippen LogP contribution in [0.2, 0.25) is 13.5 Å². The van der Waals surface area contributed by atoms with Crippen molar-refractivity contribution < 1.29 is 24.6 Å². The molecule has 0 saturated heterocycles. The molecule has 0 atom stereocenters. The molecule has 0 saturated carbocycles. The van der Waals surface area contributed by atoms with Gasteiger partial charge in [-0.1, -0.05) is 0 Å². The van der Waals surface area contributed by atoms with Crippen molar-refractivity contribution in [3.63, 3.8) is 0 Å². The summed E-state index contributed by atoms with van der Waals surface area (Å²) in [5.41, 5.74) is 0. The van der Waals surface area contributed by atoms with Crippen LogP contribution in [0.5, 0.6) is 0 Å². The van der Waals surface area contributed by atoms with E-state index in [1.54, 1.807) is 9.36 Å². The summed E-state index contributed by atoms with van der Waals surface area (Å²) >= 11 is -3.73. The second-order valence-corrected chi connectivity index (χ2v) is 24.2. The third kappa shape index (κ3) is 2.82. The fraction of sp³-hybridized carbons (Fsp3) is 1.00. The SMILES string of the molecule is C[CH2][Hf]([CH3])([CH3])(=[O])[O]C. The Morgan fingerprint density at radius 1 is 1.50 bits per heavy atom. The molecule has 0 spiro atoms. The van der Waals surface area contributed by atoms with Crippen LogP contribution in [0.15, 0.2) is 0 Å². The molecular weight excluding hydrogens is 271 g/mol. The van der Waals surface area contributed by atoms with Crippen molar-refractivity contribution >= 4 is 0 Å². The summed E-state index contributed by atoms with van der Waals surface area (Å²) in [7, 11) is 1.53. The fourth-order valence-electron chi connectivity index (χ4n) is 0.144. The Morgan fingerprint density at radius 2 is 1.88 bits per heavy atom. The van der Waals surface area contributed by atoms with Crippen molar-refractivity contribution in [2.24, 2.45) is 0 Å². The van der Waals surface area contributed by atoms with Gasteiger partial charge >= 0.3 is 52.2 Å². The van der Waals surface area contributed by atoms with Gasteiger partial charge in [0.05, 0.1) is 0 Å². The monoisotopic (exact) mass is 286 g/mol. The normalized spacial score (nSPS) is 14.1. The van der Waals surface area contributed by atoms with Crippen molar-refractivity contribution in [2.75, 3.05) is 7.11 Å². The Bertz CT molecular complexity index is 123. The van der Waals surface area contributed by atoms with Gasteiger partial charge in [-0.3, -0.25) is 0 Å². The molecule has 0 aromatic heterocycles. The zero-order chi connectivity index (χ0) is 6.86. The van der Waals surface area contributed by atoms with Gasteiger partial charge in [-0.15, -0.1) is 0 Å². The van der Waals surface area contributed by atoms with Crippen molar-refractivity contribution in [3.05, 3.63) is 0 Å². The molecule has 0 aliphatic heterocycles. The minimum absolute atomic E-state index is 0.702. The molecule has 0 bridgehead atoms. The molecule has 0 rings (SSSR count). The molecule has 2 nitrogen and oxygen atoms in total. The predicted molar refractivity (Wildman–Crippen MR) is 29.9 cm³/mol. The Morgan fingerprint density at radius 3 is 1.88 bits per heavy atom. The topological polar surface area (TPSA) is 26.3 Å². The second-order valence-electron chi connectivity index (χ2n) is 2.95. The summed E-state index contributed by atoms with van der Waals surface area (Å²) in [5, 5.41) is 0. The zero-order valence-electron chi connectivity index (χ0n) is 6.02. The third-order valence-corrected chi connectivity index (χ3v) is 13.4. The van der Waals surface area contributed by atoms with Gasteiger partial charge in [0.2, 0.25) is 0 Å². The van der Waals surface area contributed by atoms with E-state index in [2.05, 4.69) is 0 Å². The maximum atomic E-state index is 11.4. The number of rotatable bonds is 2. The molecule has 0 fully saturated rings. The molecule has 0 aromatic carbocycles. The summed E-state index contributed by atoms with van der Waals surface area (Å²) < 4.78 is 20.6. The first-order valence-corrected chi connectivity index (χ1v) is 15.5. The van der Waals surface area contributed by atoms with Crippen LogP contribution in [0.3, 0.4) is 0 Å². The van der Waals surface area contributed by atoms with Crippen LogP contribution < -0.4 is 0 Å². The van der Waals surface area contributed by atoms with Gasteiger partial charge in [-0.25, -0.2) is 0 Å². The quantitative estimate of drug-likeness (QED) is 0.726. The van der Waals surface area contributed by atoms with E-state index in [-0.39, 0.29) is 0 Å². The number of hydrogen-bond acceptors (Lipinski definition) is 2. The van der Waals surface area contributed by atoms with Gasteiger partial charge < -0.3 is 0 Å². The van der Waals surface area contributed by atoms with E-state index in [0.29, 0.717) is 4.18 Å². The number of hydrogen-bond donors (Lipinski definition) is 0. The molecule has 0 amide bonds. The first kappa shape index (κ1) is 8.63. The van der Waals surface area contributed by atoms with Crippen LogP contribution in [-0.4, -0.2) is 7.11 Å². The summed E-state index contributed by atoms with van der Waals surface area (Å²) in [6.07, 6.45) is 0. The Balaban J connectivity index is 4.25. The van der Waals surface area contributed by atoms with E-state index in [1.165, 1.54) is 7.11 Å². The van der Waals surface area contributed by atoms with E-state index >= 15 is 0 Å². The van der Waals surface area contributed by atoms with Gasteiger partial charge in [-0.05, 0) is 0 Å². The Kier molecular flexibility index (Phi) is 2.27. The van der Waals surface area contributed by atoms with Gasteiger partial charge in [0.25, 0.3) is 0 Å². The molecule has 0 aromatic rings. The van der Waals surface area contributed by atoms with Crippen LogP contribution in [0, 0.1) is 0 Å². The van der Waals surface area contributed by atoms with Crippen LogP contribution in [0.1, 0.15) is 6.92 Å². The average molecular weight is 285 g/mol. The van der Waals surface area contributed by atoms with E-state index in [0.717, 1.165) is 0 Å². The minimum atomic E-state index is -3.73. The van der Waals surface area contributed by atoms with Crippen LogP contribution in [0.25, 0.3) is 0 Å². The van der Waals surface area contributed by atoms with Crippen LogP contribution in [-0.2, 0) is 24.6 Å². The average Bonchev–Trinajstić information content (AvgIpc) is 1.68. The molecule has 0 heterocycles. The molecule has 8 heavy (non-hydrogen) atoms. The molecule has 50 valence electrons. The van der Waals surface area contributed by atoms with Crippen LogP contribution >= 0.6 is 0 Å². The summed E-state index contributed by atoms with van der Waals surface area (Å²) in [5.74, 6) is 0. The van der Waals surface area contributed by atoms with Crippen molar-refractivity contribution in [1.29, 1.82) is 0 Å². The Labute approximate surface area is 52.4 Å². The Hall–Kier alpha value is 0.630. The molecule has 0 aliphatic carbocycles. The van der Waals surface area contributed by atoms with E-state index < -0.39 is 18.9 Å².